The van der Waals surface area contributed by atoms with Gasteiger partial charge in [-0.3, -0.25) is 4.79 Å². The molecule has 5 heteroatoms. The molecule has 1 aliphatic heterocycles. The van der Waals surface area contributed by atoms with Crippen molar-refractivity contribution in [2.24, 2.45) is 0 Å². The number of carbonyl (C=O) groups is 1. The van der Waals surface area contributed by atoms with Crippen molar-refractivity contribution in [2.45, 2.75) is 6.42 Å². The number of halogens is 2. The number of hydrogen-bond acceptors (Lipinski definition) is 2. The molecule has 3 rings (SSSR count). The van der Waals surface area contributed by atoms with Crippen molar-refractivity contribution in [3.63, 3.8) is 0 Å². The van der Waals surface area contributed by atoms with E-state index in [1.807, 2.05) is 18.2 Å². The normalized spacial score (nSPS) is 13.1. The van der Waals surface area contributed by atoms with Gasteiger partial charge in [-0.25, -0.2) is 4.39 Å². The average Bonchev–Trinajstić information content (AvgIpc) is 2.61. The van der Waals surface area contributed by atoms with Gasteiger partial charge in [-0.15, -0.1) is 0 Å². The lowest BCUT2D eigenvalue weighted by Gasteiger charge is -2.16. The van der Waals surface area contributed by atoms with E-state index in [0.717, 1.165) is 22.4 Å². The smallest absolute Gasteiger partial charge is 0.244 e. The van der Waals surface area contributed by atoms with E-state index in [0.29, 0.717) is 24.6 Å². The summed E-state index contributed by atoms with van der Waals surface area (Å²) in [5.41, 5.74) is 2.76. The van der Waals surface area contributed by atoms with Crippen molar-refractivity contribution in [2.75, 3.05) is 13.2 Å². The first kappa shape index (κ1) is 17.2. The van der Waals surface area contributed by atoms with Crippen LogP contribution in [0.5, 0.6) is 5.75 Å². The highest BCUT2D eigenvalue weighted by Crippen LogP contribution is 2.29. The number of ether oxygens (including phenoxy) is 1. The number of hydrogen-bond donors (Lipinski definition) is 1. The molecule has 0 saturated heterocycles. The summed E-state index contributed by atoms with van der Waals surface area (Å²) in [5.74, 6) is 0.340. The van der Waals surface area contributed by atoms with E-state index in [4.69, 9.17) is 16.3 Å². The third kappa shape index (κ3) is 4.94. The summed E-state index contributed by atoms with van der Waals surface area (Å²) in [7, 11) is 0. The van der Waals surface area contributed by atoms with Crippen LogP contribution in [-0.4, -0.2) is 19.1 Å². The van der Waals surface area contributed by atoms with Crippen molar-refractivity contribution in [3.8, 4) is 5.75 Å². The summed E-state index contributed by atoms with van der Waals surface area (Å²) in [6, 6.07) is 11.7. The fourth-order valence-corrected chi connectivity index (χ4v) is 2.67. The second-order valence-corrected chi connectivity index (χ2v) is 6.13. The van der Waals surface area contributed by atoms with Gasteiger partial charge in [0.05, 0.1) is 0 Å². The van der Waals surface area contributed by atoms with E-state index in [9.17, 15) is 9.18 Å². The van der Waals surface area contributed by atoms with Gasteiger partial charge in [0.15, 0.2) is 0 Å². The first-order valence-corrected chi connectivity index (χ1v) is 8.31. The van der Waals surface area contributed by atoms with Gasteiger partial charge in [0.25, 0.3) is 0 Å². The Morgan fingerprint density at radius 3 is 2.84 bits per heavy atom. The number of rotatable bonds is 5. The number of nitrogens with one attached hydrogen (secondary N) is 1. The van der Waals surface area contributed by atoms with E-state index in [1.54, 1.807) is 24.3 Å². The molecule has 1 aliphatic rings. The zero-order chi connectivity index (χ0) is 17.6. The molecule has 1 heterocycles. The predicted molar refractivity (Wildman–Crippen MR) is 97.2 cm³/mol. The lowest BCUT2D eigenvalue weighted by atomic mass is 10.1. The van der Waals surface area contributed by atoms with Crippen molar-refractivity contribution in [3.05, 3.63) is 82.2 Å². The zero-order valence-corrected chi connectivity index (χ0v) is 14.2. The SMILES string of the molecule is O=C(/C=C/C1=Cc2cc(Cl)ccc2OC1)NCCc1ccc(F)cc1. The van der Waals surface area contributed by atoms with Crippen LogP contribution in [0.15, 0.2) is 60.2 Å². The lowest BCUT2D eigenvalue weighted by Crippen LogP contribution is -2.23. The molecule has 0 saturated carbocycles. The van der Waals surface area contributed by atoms with Gasteiger partial charge < -0.3 is 10.1 Å². The predicted octanol–water partition coefficient (Wildman–Crippen LogP) is 4.17. The molecule has 128 valence electrons. The van der Waals surface area contributed by atoms with E-state index in [-0.39, 0.29) is 11.7 Å². The second-order valence-electron chi connectivity index (χ2n) is 5.69. The number of benzene rings is 2. The van der Waals surface area contributed by atoms with E-state index in [1.165, 1.54) is 18.2 Å². The molecule has 25 heavy (non-hydrogen) atoms. The summed E-state index contributed by atoms with van der Waals surface area (Å²) in [4.78, 5) is 11.9. The number of carbonyl (C=O) groups excluding carboxylic acids is 1. The van der Waals surface area contributed by atoms with E-state index >= 15 is 0 Å². The average molecular weight is 358 g/mol. The molecular formula is C20H17ClFNO2. The van der Waals surface area contributed by atoms with Crippen LogP contribution in [0.4, 0.5) is 4.39 Å². The topological polar surface area (TPSA) is 38.3 Å². The van der Waals surface area contributed by atoms with Crippen LogP contribution in [0.2, 0.25) is 5.02 Å². The highest BCUT2D eigenvalue weighted by molar-refractivity contribution is 6.30. The zero-order valence-electron chi connectivity index (χ0n) is 13.5. The van der Waals surface area contributed by atoms with Crippen LogP contribution in [0.3, 0.4) is 0 Å². The van der Waals surface area contributed by atoms with Gasteiger partial charge in [0.1, 0.15) is 18.2 Å². The number of fused-ring (bicyclic) bond motifs is 1. The van der Waals surface area contributed by atoms with Crippen LogP contribution < -0.4 is 10.1 Å². The van der Waals surface area contributed by atoms with Crippen molar-refractivity contribution in [1.29, 1.82) is 0 Å². The minimum atomic E-state index is -0.262. The Morgan fingerprint density at radius 2 is 2.04 bits per heavy atom. The lowest BCUT2D eigenvalue weighted by molar-refractivity contribution is -0.116. The molecule has 1 N–H and O–H groups in total. The van der Waals surface area contributed by atoms with Crippen molar-refractivity contribution >= 4 is 23.6 Å². The van der Waals surface area contributed by atoms with Crippen LogP contribution in [0.25, 0.3) is 6.08 Å². The van der Waals surface area contributed by atoms with E-state index < -0.39 is 0 Å². The van der Waals surface area contributed by atoms with Crippen LogP contribution in [-0.2, 0) is 11.2 Å². The highest BCUT2D eigenvalue weighted by atomic mass is 35.5. The molecule has 1 amide bonds. The first-order valence-electron chi connectivity index (χ1n) is 7.93. The van der Waals surface area contributed by atoms with Gasteiger partial charge in [-0.1, -0.05) is 29.8 Å². The molecule has 3 nitrogen and oxygen atoms in total. The molecule has 0 aromatic heterocycles. The minimum absolute atomic E-state index is 0.181. The Morgan fingerprint density at radius 1 is 1.24 bits per heavy atom. The maximum absolute atomic E-state index is 12.8. The minimum Gasteiger partial charge on any atom is -0.488 e. The monoisotopic (exact) mass is 357 g/mol. The Hall–Kier alpha value is -2.59. The van der Waals surface area contributed by atoms with E-state index in [2.05, 4.69) is 5.32 Å². The third-order valence-corrected chi connectivity index (χ3v) is 4.02. The molecule has 2 aromatic rings. The summed E-state index contributed by atoms with van der Waals surface area (Å²) in [5, 5.41) is 3.45. The molecule has 0 aliphatic carbocycles. The largest absolute Gasteiger partial charge is 0.488 e. The van der Waals surface area contributed by atoms with Gasteiger partial charge >= 0.3 is 0 Å². The molecule has 0 atom stereocenters. The Kier molecular flexibility index (Phi) is 5.51. The number of amides is 1. The van der Waals surface area contributed by atoms with Gasteiger partial charge in [0.2, 0.25) is 5.91 Å². The van der Waals surface area contributed by atoms with Gasteiger partial charge in [0, 0.05) is 23.2 Å². The van der Waals surface area contributed by atoms with Crippen molar-refractivity contribution in [1.82, 2.24) is 5.32 Å². The van der Waals surface area contributed by atoms with Crippen LogP contribution in [0.1, 0.15) is 11.1 Å². The fourth-order valence-electron chi connectivity index (χ4n) is 2.49. The standard InChI is InChI=1S/C20H17ClFNO2/c21-17-4-7-19-16(12-17)11-15(13-25-19)3-8-20(24)23-10-9-14-1-5-18(22)6-2-14/h1-8,11-12H,9-10,13H2,(H,23,24)/b8-3+. The van der Waals surface area contributed by atoms with Gasteiger partial charge in [-0.2, -0.15) is 0 Å². The highest BCUT2D eigenvalue weighted by Gasteiger charge is 2.10. The maximum atomic E-state index is 12.8. The van der Waals surface area contributed by atoms with Crippen LogP contribution >= 0.6 is 11.6 Å². The van der Waals surface area contributed by atoms with Crippen molar-refractivity contribution < 1.29 is 13.9 Å². The third-order valence-electron chi connectivity index (χ3n) is 3.78. The van der Waals surface area contributed by atoms with Crippen LogP contribution in [0, 0.1) is 5.82 Å². The molecular weight excluding hydrogens is 341 g/mol. The molecule has 0 unspecified atom stereocenters. The van der Waals surface area contributed by atoms with Gasteiger partial charge in [-0.05, 0) is 54.0 Å². The molecule has 0 bridgehead atoms. The quantitative estimate of drug-likeness (QED) is 0.816. The summed E-state index contributed by atoms with van der Waals surface area (Å²) < 4.78 is 18.5. The second kappa shape index (κ2) is 7.99. The summed E-state index contributed by atoms with van der Waals surface area (Å²) in [6.07, 6.45) is 5.82. The Bertz CT molecular complexity index is 828. The molecule has 0 radical (unpaired) electrons. The first-order chi connectivity index (χ1) is 12.1. The summed E-state index contributed by atoms with van der Waals surface area (Å²) in [6.45, 7) is 0.900. The molecule has 0 fully saturated rings. The Balaban J connectivity index is 1.51. The summed E-state index contributed by atoms with van der Waals surface area (Å²) >= 11 is 5.98. The fraction of sp³-hybridized carbons (Fsp3) is 0.150. The molecule has 0 spiro atoms. The molecule has 2 aromatic carbocycles. The Labute approximate surface area is 150 Å². The maximum Gasteiger partial charge on any atom is 0.244 e.